The summed E-state index contributed by atoms with van der Waals surface area (Å²) in [5, 5.41) is 5.94. The monoisotopic (exact) mass is 373 g/mol. The number of hydrogen-bond donors (Lipinski definition) is 2. The molecule has 1 atom stereocenters. The lowest BCUT2D eigenvalue weighted by Crippen LogP contribution is -2.43. The van der Waals surface area contributed by atoms with Crippen LogP contribution in [-0.4, -0.2) is 35.5 Å². The molecule has 1 unspecified atom stereocenters. The fraction of sp³-hybridized carbons (Fsp3) is 0.636. The molecule has 1 aliphatic carbocycles. The van der Waals surface area contributed by atoms with Crippen LogP contribution in [0.3, 0.4) is 0 Å². The Morgan fingerprint density at radius 1 is 1.15 bits per heavy atom. The average molecular weight is 374 g/mol. The second kappa shape index (κ2) is 11.6. The van der Waals surface area contributed by atoms with Gasteiger partial charge in [0.2, 0.25) is 5.91 Å². The van der Waals surface area contributed by atoms with Crippen molar-refractivity contribution in [3.8, 4) is 0 Å². The molecular formula is C22H35N3O2. The first-order chi connectivity index (χ1) is 13.1. The average Bonchev–Trinajstić information content (AvgIpc) is 2.70. The first-order valence-electron chi connectivity index (χ1n) is 10.5. The lowest BCUT2D eigenvalue weighted by Gasteiger charge is -2.29. The Bertz CT molecular complexity index is 570. The van der Waals surface area contributed by atoms with Gasteiger partial charge >= 0.3 is 6.03 Å². The maximum atomic E-state index is 12.7. The lowest BCUT2D eigenvalue weighted by molar-refractivity contribution is -0.134. The zero-order chi connectivity index (χ0) is 19.5. The molecule has 0 spiro atoms. The Kier molecular flexibility index (Phi) is 9.16. The van der Waals surface area contributed by atoms with E-state index >= 15 is 0 Å². The number of nitrogens with zero attached hydrogens (tertiary/aromatic N) is 1. The Balaban J connectivity index is 1.71. The summed E-state index contributed by atoms with van der Waals surface area (Å²) in [6.07, 6.45) is 7.89. The maximum Gasteiger partial charge on any atom is 0.315 e. The summed E-state index contributed by atoms with van der Waals surface area (Å²) in [5.74, 6) is 0.155. The smallest absolute Gasteiger partial charge is 0.315 e. The normalized spacial score (nSPS) is 15.8. The number of urea groups is 1. The number of rotatable bonds is 9. The third-order valence-electron chi connectivity index (χ3n) is 5.43. The molecule has 5 heteroatoms. The molecule has 0 radical (unpaired) electrons. The molecule has 2 rings (SSSR count). The van der Waals surface area contributed by atoms with E-state index in [1.807, 2.05) is 23.1 Å². The zero-order valence-corrected chi connectivity index (χ0v) is 16.9. The highest BCUT2D eigenvalue weighted by Gasteiger charge is 2.19. The molecule has 27 heavy (non-hydrogen) atoms. The minimum Gasteiger partial charge on any atom is -0.338 e. The number of carbonyl (C=O) groups is 2. The molecule has 0 saturated heterocycles. The molecule has 1 aromatic carbocycles. The molecular weight excluding hydrogens is 338 g/mol. The SMILES string of the molecule is CCC(C)N(Cc1ccccc1)C(=O)CCCNC(=O)NC1CCCCC1. The number of amides is 3. The Labute approximate surface area is 163 Å². The van der Waals surface area contributed by atoms with Gasteiger partial charge in [-0.2, -0.15) is 0 Å². The summed E-state index contributed by atoms with van der Waals surface area (Å²) in [6.45, 7) is 5.37. The quantitative estimate of drug-likeness (QED) is 0.637. The molecule has 1 aromatic rings. The fourth-order valence-electron chi connectivity index (χ4n) is 3.56. The summed E-state index contributed by atoms with van der Waals surface area (Å²) in [7, 11) is 0. The van der Waals surface area contributed by atoms with Crippen molar-refractivity contribution in [2.24, 2.45) is 0 Å². The van der Waals surface area contributed by atoms with Crippen molar-refractivity contribution in [3.63, 3.8) is 0 Å². The van der Waals surface area contributed by atoms with Crippen molar-refractivity contribution < 1.29 is 9.59 Å². The largest absolute Gasteiger partial charge is 0.338 e. The van der Waals surface area contributed by atoms with Crippen LogP contribution in [0.15, 0.2) is 30.3 Å². The number of nitrogens with one attached hydrogen (secondary N) is 2. The van der Waals surface area contributed by atoms with Gasteiger partial charge in [-0.3, -0.25) is 4.79 Å². The topological polar surface area (TPSA) is 61.4 Å². The highest BCUT2D eigenvalue weighted by molar-refractivity contribution is 5.77. The van der Waals surface area contributed by atoms with Crippen LogP contribution in [0.2, 0.25) is 0 Å². The molecule has 3 amide bonds. The van der Waals surface area contributed by atoms with Gasteiger partial charge in [0, 0.05) is 31.6 Å². The Hall–Kier alpha value is -2.04. The first kappa shape index (κ1) is 21.3. The lowest BCUT2D eigenvalue weighted by atomic mass is 9.96. The molecule has 2 N–H and O–H groups in total. The standard InChI is InChI=1S/C22H35N3O2/c1-3-18(2)25(17-19-11-6-4-7-12-19)21(26)15-10-16-23-22(27)24-20-13-8-5-9-14-20/h4,6-7,11-12,18,20H,3,5,8-10,13-17H2,1-2H3,(H2,23,24,27). The molecule has 5 nitrogen and oxygen atoms in total. The Morgan fingerprint density at radius 2 is 1.85 bits per heavy atom. The summed E-state index contributed by atoms with van der Waals surface area (Å²) < 4.78 is 0. The van der Waals surface area contributed by atoms with E-state index in [0.717, 1.165) is 24.8 Å². The van der Waals surface area contributed by atoms with Crippen molar-refractivity contribution in [3.05, 3.63) is 35.9 Å². The van der Waals surface area contributed by atoms with Gasteiger partial charge in [0.05, 0.1) is 0 Å². The Morgan fingerprint density at radius 3 is 2.52 bits per heavy atom. The van der Waals surface area contributed by atoms with Crippen molar-refractivity contribution in [1.82, 2.24) is 15.5 Å². The van der Waals surface area contributed by atoms with Crippen molar-refractivity contribution in [2.45, 2.75) is 83.8 Å². The molecule has 1 aliphatic rings. The van der Waals surface area contributed by atoms with Gasteiger partial charge in [-0.15, -0.1) is 0 Å². The second-order valence-corrected chi connectivity index (χ2v) is 7.60. The third-order valence-corrected chi connectivity index (χ3v) is 5.43. The van der Waals surface area contributed by atoms with Gasteiger partial charge in [-0.05, 0) is 38.2 Å². The highest BCUT2D eigenvalue weighted by Crippen LogP contribution is 2.17. The number of benzene rings is 1. The van der Waals surface area contributed by atoms with Gasteiger partial charge in [-0.1, -0.05) is 56.5 Å². The van der Waals surface area contributed by atoms with Gasteiger partial charge in [0.25, 0.3) is 0 Å². The van der Waals surface area contributed by atoms with Gasteiger partial charge in [-0.25, -0.2) is 4.79 Å². The van der Waals surface area contributed by atoms with E-state index in [9.17, 15) is 9.59 Å². The zero-order valence-electron chi connectivity index (χ0n) is 16.9. The van der Waals surface area contributed by atoms with Crippen molar-refractivity contribution in [2.75, 3.05) is 6.54 Å². The van der Waals surface area contributed by atoms with Crippen LogP contribution in [0, 0.1) is 0 Å². The molecule has 150 valence electrons. The maximum absolute atomic E-state index is 12.7. The minimum absolute atomic E-state index is 0.0996. The summed E-state index contributed by atoms with van der Waals surface area (Å²) >= 11 is 0. The summed E-state index contributed by atoms with van der Waals surface area (Å²) in [4.78, 5) is 26.6. The van der Waals surface area contributed by atoms with Crippen molar-refractivity contribution in [1.29, 1.82) is 0 Å². The van der Waals surface area contributed by atoms with Crippen LogP contribution < -0.4 is 10.6 Å². The van der Waals surface area contributed by atoms with Crippen LogP contribution >= 0.6 is 0 Å². The number of carbonyl (C=O) groups excluding carboxylic acids is 2. The van der Waals surface area contributed by atoms with E-state index in [2.05, 4.69) is 36.6 Å². The minimum atomic E-state index is -0.0996. The predicted octanol–water partition coefficient (Wildman–Crippen LogP) is 4.23. The molecule has 1 saturated carbocycles. The highest BCUT2D eigenvalue weighted by atomic mass is 16.2. The summed E-state index contributed by atoms with van der Waals surface area (Å²) in [5.41, 5.74) is 1.15. The van der Waals surface area contributed by atoms with E-state index in [1.54, 1.807) is 0 Å². The molecule has 0 bridgehead atoms. The molecule has 0 aromatic heterocycles. The van der Waals surface area contributed by atoms with Crippen molar-refractivity contribution >= 4 is 11.9 Å². The van der Waals surface area contributed by atoms with E-state index in [1.165, 1.54) is 19.3 Å². The predicted molar refractivity (Wildman–Crippen MR) is 109 cm³/mol. The van der Waals surface area contributed by atoms with Crippen LogP contribution in [0.25, 0.3) is 0 Å². The van der Waals surface area contributed by atoms with E-state index in [0.29, 0.717) is 32.0 Å². The van der Waals surface area contributed by atoms with Crippen LogP contribution in [0.5, 0.6) is 0 Å². The van der Waals surface area contributed by atoms with Gasteiger partial charge in [0.15, 0.2) is 0 Å². The third kappa shape index (κ3) is 7.61. The second-order valence-electron chi connectivity index (χ2n) is 7.60. The van der Waals surface area contributed by atoms with Crippen LogP contribution in [0.4, 0.5) is 4.79 Å². The first-order valence-corrected chi connectivity index (χ1v) is 10.5. The fourth-order valence-corrected chi connectivity index (χ4v) is 3.56. The van der Waals surface area contributed by atoms with Gasteiger partial charge in [0.1, 0.15) is 0 Å². The van der Waals surface area contributed by atoms with E-state index < -0.39 is 0 Å². The molecule has 0 heterocycles. The number of hydrogen-bond acceptors (Lipinski definition) is 2. The van der Waals surface area contributed by atoms with Crippen LogP contribution in [-0.2, 0) is 11.3 Å². The van der Waals surface area contributed by atoms with E-state index in [4.69, 9.17) is 0 Å². The van der Waals surface area contributed by atoms with Gasteiger partial charge < -0.3 is 15.5 Å². The molecule has 0 aliphatic heterocycles. The molecule has 1 fully saturated rings. The van der Waals surface area contributed by atoms with E-state index in [-0.39, 0.29) is 18.0 Å². The summed E-state index contributed by atoms with van der Waals surface area (Å²) in [6, 6.07) is 10.5. The van der Waals surface area contributed by atoms with Crippen LogP contribution in [0.1, 0.15) is 70.8 Å².